The van der Waals surface area contributed by atoms with Crippen LogP contribution in [-0.4, -0.2) is 51.2 Å². The summed E-state index contributed by atoms with van der Waals surface area (Å²) in [5, 5.41) is 21.7. The number of rotatable bonds is 5. The maximum Gasteiger partial charge on any atom is 0.235 e. The second-order valence-electron chi connectivity index (χ2n) is 6.96. The van der Waals surface area contributed by atoms with Crippen molar-refractivity contribution in [3.05, 3.63) is 54.6 Å². The lowest BCUT2D eigenvalue weighted by Gasteiger charge is -2.11. The summed E-state index contributed by atoms with van der Waals surface area (Å²) < 4.78 is 6.97. The summed E-state index contributed by atoms with van der Waals surface area (Å²) >= 11 is 1.50. The van der Waals surface area contributed by atoms with E-state index in [1.807, 2.05) is 44.4 Å². The zero-order chi connectivity index (χ0) is 20.7. The topological polar surface area (TPSA) is 84.2 Å². The van der Waals surface area contributed by atoms with Gasteiger partial charge in [-0.25, -0.2) is 0 Å². The Hall–Kier alpha value is -3.72. The SMILES string of the molecule is COc1ccc(-c2cc(-c3nnc4sc(-c5ccc(N(C)C)cc5)nn34)[nH]n2)cc1. The summed E-state index contributed by atoms with van der Waals surface area (Å²) in [5.74, 6) is 1.44. The third kappa shape index (κ3) is 3.18. The van der Waals surface area contributed by atoms with Gasteiger partial charge in [0.25, 0.3) is 0 Å². The van der Waals surface area contributed by atoms with Crippen molar-refractivity contribution in [3.63, 3.8) is 0 Å². The van der Waals surface area contributed by atoms with Gasteiger partial charge in [-0.3, -0.25) is 5.10 Å². The van der Waals surface area contributed by atoms with E-state index in [0.717, 1.165) is 43.9 Å². The van der Waals surface area contributed by atoms with Gasteiger partial charge in [0, 0.05) is 30.9 Å². The van der Waals surface area contributed by atoms with Crippen LogP contribution in [-0.2, 0) is 0 Å². The van der Waals surface area contributed by atoms with Crippen molar-refractivity contribution in [1.29, 1.82) is 0 Å². The van der Waals surface area contributed by atoms with Crippen LogP contribution in [0.25, 0.3) is 38.3 Å². The van der Waals surface area contributed by atoms with Gasteiger partial charge in [-0.1, -0.05) is 11.3 Å². The number of nitrogens with one attached hydrogen (secondary N) is 1. The number of fused-ring (bicyclic) bond motifs is 1. The Balaban J connectivity index is 1.47. The van der Waals surface area contributed by atoms with Crippen LogP contribution in [0.3, 0.4) is 0 Å². The molecule has 30 heavy (non-hydrogen) atoms. The van der Waals surface area contributed by atoms with Crippen LogP contribution in [0, 0.1) is 0 Å². The number of methoxy groups -OCH3 is 1. The molecular formula is C21H19N7OS. The first-order valence-corrected chi connectivity index (χ1v) is 10.1. The molecule has 150 valence electrons. The summed E-state index contributed by atoms with van der Waals surface area (Å²) in [6.07, 6.45) is 0. The van der Waals surface area contributed by atoms with Gasteiger partial charge in [-0.15, -0.1) is 10.2 Å². The van der Waals surface area contributed by atoms with Crippen molar-refractivity contribution in [3.8, 4) is 39.1 Å². The van der Waals surface area contributed by atoms with E-state index >= 15 is 0 Å². The fourth-order valence-electron chi connectivity index (χ4n) is 3.15. The lowest BCUT2D eigenvalue weighted by atomic mass is 10.1. The van der Waals surface area contributed by atoms with E-state index < -0.39 is 0 Å². The van der Waals surface area contributed by atoms with Gasteiger partial charge in [0.1, 0.15) is 16.5 Å². The van der Waals surface area contributed by atoms with E-state index in [-0.39, 0.29) is 0 Å². The molecular weight excluding hydrogens is 398 g/mol. The van der Waals surface area contributed by atoms with E-state index in [4.69, 9.17) is 9.84 Å². The molecule has 8 nitrogen and oxygen atoms in total. The van der Waals surface area contributed by atoms with E-state index in [1.165, 1.54) is 11.3 Å². The standard InChI is InChI=1S/C21H19N7OS/c1-27(2)15-8-4-14(5-9-15)20-26-28-19(24-25-21(28)30-20)18-12-17(22-23-18)13-6-10-16(29-3)11-7-13/h4-12H,1-3H3,(H,22,23). The van der Waals surface area contributed by atoms with E-state index in [2.05, 4.69) is 49.6 Å². The second kappa shape index (κ2) is 7.27. The number of anilines is 1. The third-order valence-electron chi connectivity index (χ3n) is 4.83. The molecule has 0 aliphatic rings. The Kier molecular flexibility index (Phi) is 4.44. The number of nitrogens with zero attached hydrogens (tertiary/aromatic N) is 6. The Morgan fingerprint density at radius 2 is 1.70 bits per heavy atom. The Labute approximate surface area is 176 Å². The highest BCUT2D eigenvalue weighted by atomic mass is 32.1. The highest BCUT2D eigenvalue weighted by molar-refractivity contribution is 7.19. The molecule has 0 unspecified atom stereocenters. The van der Waals surface area contributed by atoms with Crippen molar-refractivity contribution in [2.24, 2.45) is 0 Å². The Bertz CT molecular complexity index is 1300. The van der Waals surface area contributed by atoms with Crippen molar-refractivity contribution in [2.45, 2.75) is 0 Å². The molecule has 0 aliphatic carbocycles. The second-order valence-corrected chi connectivity index (χ2v) is 7.92. The first-order chi connectivity index (χ1) is 14.6. The number of aromatic amines is 1. The molecule has 0 bridgehead atoms. The molecule has 2 aromatic carbocycles. The summed E-state index contributed by atoms with van der Waals surface area (Å²) in [5.41, 5.74) is 4.75. The zero-order valence-corrected chi connectivity index (χ0v) is 17.5. The zero-order valence-electron chi connectivity index (χ0n) is 16.7. The van der Waals surface area contributed by atoms with Crippen LogP contribution >= 0.6 is 11.3 Å². The molecule has 0 amide bonds. The van der Waals surface area contributed by atoms with Gasteiger partial charge in [0.05, 0.1) is 12.8 Å². The van der Waals surface area contributed by atoms with Gasteiger partial charge in [-0.2, -0.15) is 14.7 Å². The van der Waals surface area contributed by atoms with Gasteiger partial charge in [0.15, 0.2) is 0 Å². The van der Waals surface area contributed by atoms with Gasteiger partial charge >= 0.3 is 0 Å². The maximum atomic E-state index is 5.21. The molecule has 0 saturated carbocycles. The van der Waals surface area contributed by atoms with Gasteiger partial charge in [0.2, 0.25) is 10.8 Å². The van der Waals surface area contributed by atoms with Crippen LogP contribution in [0.2, 0.25) is 0 Å². The molecule has 5 rings (SSSR count). The fourth-order valence-corrected chi connectivity index (χ4v) is 3.99. The number of hydrogen-bond donors (Lipinski definition) is 1. The minimum atomic E-state index is 0.629. The van der Waals surface area contributed by atoms with Crippen LogP contribution in [0.1, 0.15) is 0 Å². The normalized spacial score (nSPS) is 11.2. The number of ether oxygens (including phenoxy) is 1. The molecule has 3 heterocycles. The average Bonchev–Trinajstić information content (AvgIpc) is 3.49. The molecule has 0 aliphatic heterocycles. The van der Waals surface area contributed by atoms with E-state index in [9.17, 15) is 0 Å². The van der Waals surface area contributed by atoms with E-state index in [0.29, 0.717) is 5.82 Å². The summed E-state index contributed by atoms with van der Waals surface area (Å²) in [6.45, 7) is 0. The fraction of sp³-hybridized carbons (Fsp3) is 0.143. The molecule has 1 N–H and O–H groups in total. The van der Waals surface area contributed by atoms with Crippen LogP contribution in [0.4, 0.5) is 5.69 Å². The number of hydrogen-bond acceptors (Lipinski definition) is 7. The maximum absolute atomic E-state index is 5.21. The van der Waals surface area contributed by atoms with Gasteiger partial charge in [-0.05, 0) is 54.6 Å². The molecule has 3 aromatic heterocycles. The monoisotopic (exact) mass is 417 g/mol. The molecule has 0 atom stereocenters. The quantitative estimate of drug-likeness (QED) is 0.466. The minimum absolute atomic E-state index is 0.629. The predicted molar refractivity (Wildman–Crippen MR) is 118 cm³/mol. The highest BCUT2D eigenvalue weighted by Crippen LogP contribution is 2.30. The van der Waals surface area contributed by atoms with Crippen molar-refractivity contribution < 1.29 is 4.74 Å². The lowest BCUT2D eigenvalue weighted by molar-refractivity contribution is 0.415. The first kappa shape index (κ1) is 18.3. The number of H-pyrrole nitrogens is 1. The molecule has 5 aromatic rings. The van der Waals surface area contributed by atoms with Crippen molar-refractivity contribution in [2.75, 3.05) is 26.1 Å². The van der Waals surface area contributed by atoms with Gasteiger partial charge < -0.3 is 9.64 Å². The lowest BCUT2D eigenvalue weighted by Crippen LogP contribution is -2.07. The molecule has 0 spiro atoms. The van der Waals surface area contributed by atoms with E-state index in [1.54, 1.807) is 11.6 Å². The molecule has 0 fully saturated rings. The Morgan fingerprint density at radius 1 is 0.967 bits per heavy atom. The smallest absolute Gasteiger partial charge is 0.235 e. The summed E-state index contributed by atoms with van der Waals surface area (Å²) in [6, 6.07) is 18.0. The predicted octanol–water partition coefficient (Wildman–Crippen LogP) is 3.98. The number of aromatic nitrogens is 6. The third-order valence-corrected chi connectivity index (χ3v) is 5.77. The van der Waals surface area contributed by atoms with Crippen molar-refractivity contribution >= 4 is 22.0 Å². The average molecular weight is 417 g/mol. The first-order valence-electron chi connectivity index (χ1n) is 9.32. The summed E-state index contributed by atoms with van der Waals surface area (Å²) in [4.78, 5) is 2.80. The highest BCUT2D eigenvalue weighted by Gasteiger charge is 2.17. The Morgan fingerprint density at radius 3 is 2.40 bits per heavy atom. The van der Waals surface area contributed by atoms with Crippen LogP contribution in [0.5, 0.6) is 5.75 Å². The largest absolute Gasteiger partial charge is 0.497 e. The molecule has 0 radical (unpaired) electrons. The van der Waals surface area contributed by atoms with Crippen LogP contribution < -0.4 is 9.64 Å². The molecule has 0 saturated heterocycles. The van der Waals surface area contributed by atoms with Crippen molar-refractivity contribution in [1.82, 2.24) is 30.0 Å². The van der Waals surface area contributed by atoms with Crippen LogP contribution in [0.15, 0.2) is 54.6 Å². The minimum Gasteiger partial charge on any atom is -0.497 e. The number of benzene rings is 2. The molecule has 9 heteroatoms. The summed E-state index contributed by atoms with van der Waals surface area (Å²) in [7, 11) is 5.70.